The van der Waals surface area contributed by atoms with Crippen molar-refractivity contribution in [2.75, 3.05) is 18.1 Å². The van der Waals surface area contributed by atoms with Crippen LogP contribution < -0.4 is 16.2 Å². The fourth-order valence-corrected chi connectivity index (χ4v) is 1.92. The Hall–Kier alpha value is -3.28. The Labute approximate surface area is 139 Å². The first kappa shape index (κ1) is 17.1. The van der Waals surface area contributed by atoms with Gasteiger partial charge in [-0.3, -0.25) is 0 Å². The lowest BCUT2D eigenvalue weighted by molar-refractivity contribution is -0.137. The van der Waals surface area contributed by atoms with Crippen LogP contribution in [0.15, 0.2) is 48.5 Å². The molecule has 6 heteroatoms. The molecule has 0 atom stereocenters. The summed E-state index contributed by atoms with van der Waals surface area (Å²) in [5.41, 5.74) is 12.9. The van der Waals surface area contributed by atoms with Crippen LogP contribution in [0.3, 0.4) is 0 Å². The van der Waals surface area contributed by atoms with Crippen molar-refractivity contribution in [1.29, 1.82) is 0 Å². The highest BCUT2D eigenvalue weighted by Gasteiger charge is 2.13. The van der Waals surface area contributed by atoms with E-state index in [-0.39, 0.29) is 11.3 Å². The molecule has 2 aromatic carbocycles. The number of ether oxygens (including phenoxy) is 2. The minimum atomic E-state index is -0.588. The Balaban J connectivity index is 2.05. The van der Waals surface area contributed by atoms with E-state index in [2.05, 4.69) is 0 Å². The highest BCUT2D eigenvalue weighted by Crippen LogP contribution is 2.22. The summed E-state index contributed by atoms with van der Waals surface area (Å²) in [4.78, 5) is 23.4. The molecule has 24 heavy (non-hydrogen) atoms. The van der Waals surface area contributed by atoms with E-state index in [9.17, 15) is 9.59 Å². The maximum Gasteiger partial charge on any atom is 0.345 e. The number of anilines is 2. The van der Waals surface area contributed by atoms with E-state index >= 15 is 0 Å². The zero-order chi connectivity index (χ0) is 17.5. The lowest BCUT2D eigenvalue weighted by atomic mass is 10.1. The van der Waals surface area contributed by atoms with E-state index in [1.807, 2.05) is 0 Å². The van der Waals surface area contributed by atoms with Gasteiger partial charge in [0.2, 0.25) is 0 Å². The van der Waals surface area contributed by atoms with Crippen LogP contribution in [0.4, 0.5) is 11.4 Å². The molecule has 0 aliphatic carbocycles. The molecule has 4 N–H and O–H groups in total. The summed E-state index contributed by atoms with van der Waals surface area (Å²) in [6.45, 7) is 2.06. The largest absolute Gasteiger partial charge is 0.463 e. The van der Waals surface area contributed by atoms with Gasteiger partial charge in [0.25, 0.3) is 0 Å². The second-order valence-electron chi connectivity index (χ2n) is 4.85. The SMILES string of the molecule is CCOC(=O)C=Cc1ccc(OC(=O)c2cccc(N)c2N)cc1. The Bertz CT molecular complexity index is 767. The summed E-state index contributed by atoms with van der Waals surface area (Å²) >= 11 is 0. The smallest absolute Gasteiger partial charge is 0.345 e. The molecular weight excluding hydrogens is 308 g/mol. The van der Waals surface area contributed by atoms with Crippen LogP contribution in [-0.2, 0) is 9.53 Å². The molecule has 2 aromatic rings. The first-order valence-electron chi connectivity index (χ1n) is 7.32. The lowest BCUT2D eigenvalue weighted by Gasteiger charge is -2.08. The minimum Gasteiger partial charge on any atom is -0.463 e. The van der Waals surface area contributed by atoms with Gasteiger partial charge in [0, 0.05) is 6.08 Å². The number of rotatable bonds is 5. The van der Waals surface area contributed by atoms with Crippen LogP contribution in [0.2, 0.25) is 0 Å². The molecule has 124 valence electrons. The molecule has 6 nitrogen and oxygen atoms in total. The number of para-hydroxylation sites is 1. The summed E-state index contributed by atoms with van der Waals surface area (Å²) in [7, 11) is 0. The van der Waals surface area contributed by atoms with Gasteiger partial charge in [-0.25, -0.2) is 9.59 Å². The first-order valence-corrected chi connectivity index (χ1v) is 7.32. The number of carbonyl (C=O) groups excluding carboxylic acids is 2. The lowest BCUT2D eigenvalue weighted by Crippen LogP contribution is -2.12. The van der Waals surface area contributed by atoms with Crippen molar-refractivity contribution < 1.29 is 19.1 Å². The molecule has 0 heterocycles. The third-order valence-electron chi connectivity index (χ3n) is 3.15. The molecule has 0 unspecified atom stereocenters. The summed E-state index contributed by atoms with van der Waals surface area (Å²) in [5.74, 6) is -0.644. The van der Waals surface area contributed by atoms with Gasteiger partial charge in [-0.05, 0) is 42.8 Å². The maximum atomic E-state index is 12.1. The van der Waals surface area contributed by atoms with Crippen molar-refractivity contribution in [2.24, 2.45) is 0 Å². The number of hydrogen-bond acceptors (Lipinski definition) is 6. The molecule has 2 rings (SSSR count). The molecule has 0 spiro atoms. The molecular formula is C18H18N2O4. The summed E-state index contributed by atoms with van der Waals surface area (Å²) in [5, 5.41) is 0. The number of nitrogen functional groups attached to an aromatic ring is 2. The molecule has 0 fully saturated rings. The van der Waals surface area contributed by atoms with E-state index in [1.54, 1.807) is 55.5 Å². The molecule has 0 aliphatic rings. The van der Waals surface area contributed by atoms with Gasteiger partial charge in [0.05, 0.1) is 23.5 Å². The van der Waals surface area contributed by atoms with Crippen molar-refractivity contribution in [3.63, 3.8) is 0 Å². The average Bonchev–Trinajstić information content (AvgIpc) is 2.57. The second-order valence-corrected chi connectivity index (χ2v) is 4.85. The van der Waals surface area contributed by atoms with E-state index in [0.29, 0.717) is 18.0 Å². The highest BCUT2D eigenvalue weighted by molar-refractivity contribution is 5.99. The van der Waals surface area contributed by atoms with Crippen molar-refractivity contribution in [3.8, 4) is 5.75 Å². The fraction of sp³-hybridized carbons (Fsp3) is 0.111. The van der Waals surface area contributed by atoms with Crippen LogP contribution in [0.1, 0.15) is 22.8 Å². The Morgan fingerprint density at radius 3 is 2.46 bits per heavy atom. The maximum absolute atomic E-state index is 12.1. The number of hydrogen-bond donors (Lipinski definition) is 2. The summed E-state index contributed by atoms with van der Waals surface area (Å²) < 4.78 is 10.1. The van der Waals surface area contributed by atoms with E-state index in [4.69, 9.17) is 20.9 Å². The van der Waals surface area contributed by atoms with Gasteiger partial charge in [-0.15, -0.1) is 0 Å². The third kappa shape index (κ3) is 4.36. The molecule has 0 saturated heterocycles. The summed E-state index contributed by atoms with van der Waals surface area (Å²) in [6, 6.07) is 11.4. The number of esters is 2. The van der Waals surface area contributed by atoms with E-state index in [0.717, 1.165) is 5.56 Å². The highest BCUT2D eigenvalue weighted by atomic mass is 16.5. The van der Waals surface area contributed by atoms with Crippen LogP contribution >= 0.6 is 0 Å². The number of nitrogens with two attached hydrogens (primary N) is 2. The zero-order valence-electron chi connectivity index (χ0n) is 13.2. The Morgan fingerprint density at radius 2 is 1.79 bits per heavy atom. The normalized spacial score (nSPS) is 10.5. The molecule has 0 aromatic heterocycles. The second kappa shape index (κ2) is 7.82. The zero-order valence-corrected chi connectivity index (χ0v) is 13.2. The number of carbonyl (C=O) groups is 2. The van der Waals surface area contributed by atoms with E-state index in [1.165, 1.54) is 6.08 Å². The van der Waals surface area contributed by atoms with Crippen molar-refractivity contribution in [2.45, 2.75) is 6.92 Å². The average molecular weight is 326 g/mol. The third-order valence-corrected chi connectivity index (χ3v) is 3.15. The minimum absolute atomic E-state index is 0.191. The van der Waals surface area contributed by atoms with Crippen LogP contribution in [0.5, 0.6) is 5.75 Å². The van der Waals surface area contributed by atoms with Crippen molar-refractivity contribution in [3.05, 3.63) is 59.7 Å². The van der Waals surface area contributed by atoms with Gasteiger partial charge in [-0.1, -0.05) is 18.2 Å². The topological polar surface area (TPSA) is 105 Å². The van der Waals surface area contributed by atoms with Gasteiger partial charge >= 0.3 is 11.9 Å². The van der Waals surface area contributed by atoms with E-state index < -0.39 is 11.9 Å². The monoisotopic (exact) mass is 326 g/mol. The summed E-state index contributed by atoms with van der Waals surface area (Å²) in [6.07, 6.45) is 2.94. The first-order chi connectivity index (χ1) is 11.5. The van der Waals surface area contributed by atoms with Crippen molar-refractivity contribution in [1.82, 2.24) is 0 Å². The molecule has 0 bridgehead atoms. The predicted molar refractivity (Wildman–Crippen MR) is 92.3 cm³/mol. The molecule has 0 radical (unpaired) electrons. The number of benzene rings is 2. The van der Waals surface area contributed by atoms with Gasteiger partial charge in [0.1, 0.15) is 5.75 Å². The fourth-order valence-electron chi connectivity index (χ4n) is 1.92. The van der Waals surface area contributed by atoms with Crippen LogP contribution in [-0.4, -0.2) is 18.5 Å². The molecule has 0 saturated carbocycles. The van der Waals surface area contributed by atoms with Gasteiger partial charge < -0.3 is 20.9 Å². The standard InChI is InChI=1S/C18H18N2O4/c1-2-23-16(21)11-8-12-6-9-13(10-7-12)24-18(22)14-4-3-5-15(19)17(14)20/h3-11H,2,19-20H2,1H3. The Kier molecular flexibility index (Phi) is 5.57. The quantitative estimate of drug-likeness (QED) is 0.379. The van der Waals surface area contributed by atoms with Crippen LogP contribution in [0, 0.1) is 0 Å². The molecule has 0 amide bonds. The predicted octanol–water partition coefficient (Wildman–Crippen LogP) is 2.65. The van der Waals surface area contributed by atoms with Gasteiger partial charge in [0.15, 0.2) is 0 Å². The molecule has 0 aliphatic heterocycles. The Morgan fingerprint density at radius 1 is 1.08 bits per heavy atom. The van der Waals surface area contributed by atoms with Gasteiger partial charge in [-0.2, -0.15) is 0 Å². The van der Waals surface area contributed by atoms with Crippen LogP contribution in [0.25, 0.3) is 6.08 Å². The van der Waals surface area contributed by atoms with Crippen molar-refractivity contribution >= 4 is 29.4 Å².